The summed E-state index contributed by atoms with van der Waals surface area (Å²) in [5.74, 6) is -0.890. The highest BCUT2D eigenvalue weighted by Crippen LogP contribution is 2.12. The van der Waals surface area contributed by atoms with Crippen molar-refractivity contribution in [3.63, 3.8) is 0 Å². The molecule has 0 aliphatic carbocycles. The normalized spacial score (nSPS) is 11.6. The van der Waals surface area contributed by atoms with Crippen LogP contribution in [0.25, 0.3) is 0 Å². The maximum atomic E-state index is 11.5. The molecule has 1 N–H and O–H groups in total. The molecule has 5 nitrogen and oxygen atoms in total. The van der Waals surface area contributed by atoms with E-state index < -0.39 is 18.0 Å². The lowest BCUT2D eigenvalue weighted by atomic mass is 10.1. The van der Waals surface area contributed by atoms with Gasteiger partial charge in [0.2, 0.25) is 0 Å². The molecule has 0 saturated carbocycles. The minimum absolute atomic E-state index is 0.346. The van der Waals surface area contributed by atoms with E-state index in [1.165, 1.54) is 135 Å². The zero-order valence-corrected chi connectivity index (χ0v) is 27.1. The first-order valence-electron chi connectivity index (χ1n) is 17.0. The molecule has 0 radical (unpaired) electrons. The minimum atomic E-state index is -0.490. The van der Waals surface area contributed by atoms with Gasteiger partial charge < -0.3 is 14.8 Å². The second kappa shape index (κ2) is 35.1. The molecule has 1 atom stereocenters. The van der Waals surface area contributed by atoms with E-state index in [1.807, 2.05) is 0 Å². The molecule has 0 aromatic carbocycles. The third-order valence-corrected chi connectivity index (χ3v) is 7.27. The number of nitrogens with one attached hydrogen (secondary N) is 1. The molecule has 0 bridgehead atoms. The molecular weight excluding hydrogens is 486 g/mol. The van der Waals surface area contributed by atoms with Gasteiger partial charge in [0.15, 0.2) is 0 Å². The first-order chi connectivity index (χ1) is 19.0. The van der Waals surface area contributed by atoms with Crippen molar-refractivity contribution in [1.29, 1.82) is 0 Å². The molecule has 0 amide bonds. The van der Waals surface area contributed by atoms with Gasteiger partial charge in [-0.2, -0.15) is 0 Å². The van der Waals surface area contributed by atoms with E-state index >= 15 is 0 Å². The Bertz CT molecular complexity index is 484. The Morgan fingerprint density at radius 2 is 0.872 bits per heavy atom. The number of rotatable bonds is 28. The fourth-order valence-corrected chi connectivity index (χ4v) is 4.37. The highest BCUT2D eigenvalue weighted by molar-refractivity contribution is 5.88. The molecule has 0 fully saturated rings. The fourth-order valence-electron chi connectivity index (χ4n) is 4.37. The van der Waals surface area contributed by atoms with Crippen molar-refractivity contribution in [2.75, 3.05) is 20.3 Å². The van der Waals surface area contributed by atoms with Gasteiger partial charge in [-0.1, -0.05) is 149 Å². The second-order valence-electron chi connectivity index (χ2n) is 11.2. The molecule has 5 heteroatoms. The Labute approximate surface area is 244 Å². The molecule has 0 aromatic rings. The summed E-state index contributed by atoms with van der Waals surface area (Å²) in [5, 5.41) is 2.76. The van der Waals surface area contributed by atoms with Crippen LogP contribution >= 0.6 is 0 Å². The second-order valence-corrected chi connectivity index (χ2v) is 11.2. The summed E-state index contributed by atoms with van der Waals surface area (Å²) in [6.07, 6.45) is 30.4. The average molecular weight is 556 g/mol. The Morgan fingerprint density at radius 1 is 0.538 bits per heavy atom. The number of ether oxygens (including phenoxy) is 2. The summed E-state index contributed by atoms with van der Waals surface area (Å²) < 4.78 is 10.4. The SMILES string of the molecule is CCCCCCCCCCCCCC(=O)OC(=O)C(C)NC.CCCCCCCCCCOCCCCCC. The van der Waals surface area contributed by atoms with Crippen molar-refractivity contribution in [2.24, 2.45) is 0 Å². The standard InChI is InChI=1S/C18H35NO3.C16H34O/c1-4-5-6-7-8-9-10-11-12-13-14-15-17(20)22-18(21)16(2)19-3;1-3-5-7-9-10-11-12-14-16-17-15-13-8-6-4-2/h16,19H,4-15H2,1-3H3;3-16H2,1-2H3. The summed E-state index contributed by atoms with van der Waals surface area (Å²) in [6.45, 7) is 10.4. The van der Waals surface area contributed by atoms with Crippen LogP contribution in [0.2, 0.25) is 0 Å². The molecule has 0 heterocycles. The number of unbranched alkanes of at least 4 members (excludes halogenated alkanes) is 20. The largest absolute Gasteiger partial charge is 0.392 e. The van der Waals surface area contributed by atoms with E-state index in [-0.39, 0.29) is 0 Å². The molecule has 0 saturated heterocycles. The molecular formula is C34H69NO4. The van der Waals surface area contributed by atoms with Crippen LogP contribution in [0.3, 0.4) is 0 Å². The van der Waals surface area contributed by atoms with Crippen LogP contribution in [0.1, 0.15) is 182 Å². The number of likely N-dealkylation sites (N-methyl/N-ethyl adjacent to an activating group) is 1. The number of esters is 2. The van der Waals surface area contributed by atoms with Crippen LogP contribution in [0, 0.1) is 0 Å². The van der Waals surface area contributed by atoms with Crippen molar-refractivity contribution in [3.05, 3.63) is 0 Å². The Morgan fingerprint density at radius 3 is 1.26 bits per heavy atom. The van der Waals surface area contributed by atoms with Crippen molar-refractivity contribution in [1.82, 2.24) is 5.32 Å². The molecule has 0 rings (SSSR count). The lowest BCUT2D eigenvalue weighted by Gasteiger charge is -2.08. The maximum Gasteiger partial charge on any atom is 0.330 e. The number of hydrogen-bond acceptors (Lipinski definition) is 5. The Kier molecular flexibility index (Phi) is 36.2. The molecule has 0 spiro atoms. The van der Waals surface area contributed by atoms with E-state index in [9.17, 15) is 9.59 Å². The Balaban J connectivity index is 0. The van der Waals surface area contributed by atoms with Crippen LogP contribution in [0.15, 0.2) is 0 Å². The molecule has 0 aromatic heterocycles. The average Bonchev–Trinajstić information content (AvgIpc) is 2.94. The predicted octanol–water partition coefficient (Wildman–Crippen LogP) is 10.1. The first kappa shape index (κ1) is 40.2. The topological polar surface area (TPSA) is 64.6 Å². The van der Waals surface area contributed by atoms with Crippen LogP contribution in [0.5, 0.6) is 0 Å². The molecule has 234 valence electrons. The number of carbonyl (C=O) groups excluding carboxylic acids is 2. The van der Waals surface area contributed by atoms with Gasteiger partial charge in [0, 0.05) is 19.6 Å². The van der Waals surface area contributed by atoms with Gasteiger partial charge in [0.25, 0.3) is 0 Å². The van der Waals surface area contributed by atoms with Gasteiger partial charge in [-0.05, 0) is 33.2 Å². The van der Waals surface area contributed by atoms with Crippen LogP contribution in [0.4, 0.5) is 0 Å². The smallest absolute Gasteiger partial charge is 0.330 e. The van der Waals surface area contributed by atoms with E-state index in [1.54, 1.807) is 14.0 Å². The first-order valence-corrected chi connectivity index (χ1v) is 17.0. The van der Waals surface area contributed by atoms with Gasteiger partial charge in [-0.3, -0.25) is 4.79 Å². The highest BCUT2D eigenvalue weighted by atomic mass is 16.6. The summed E-state index contributed by atoms with van der Waals surface area (Å²) in [7, 11) is 1.67. The van der Waals surface area contributed by atoms with Gasteiger partial charge in [-0.15, -0.1) is 0 Å². The van der Waals surface area contributed by atoms with Crippen LogP contribution in [-0.4, -0.2) is 38.2 Å². The highest BCUT2D eigenvalue weighted by Gasteiger charge is 2.15. The number of carbonyl (C=O) groups is 2. The quantitative estimate of drug-likeness (QED) is 0.0591. The van der Waals surface area contributed by atoms with Gasteiger partial charge in [-0.25, -0.2) is 4.79 Å². The lowest BCUT2D eigenvalue weighted by molar-refractivity contribution is -0.160. The summed E-state index contributed by atoms with van der Waals surface area (Å²) >= 11 is 0. The monoisotopic (exact) mass is 556 g/mol. The van der Waals surface area contributed by atoms with Crippen LogP contribution < -0.4 is 5.32 Å². The van der Waals surface area contributed by atoms with E-state index in [0.717, 1.165) is 26.1 Å². The van der Waals surface area contributed by atoms with E-state index in [4.69, 9.17) is 9.47 Å². The van der Waals surface area contributed by atoms with Crippen molar-refractivity contribution < 1.29 is 19.1 Å². The lowest BCUT2D eigenvalue weighted by Crippen LogP contribution is -2.33. The molecule has 1 unspecified atom stereocenters. The van der Waals surface area contributed by atoms with Gasteiger partial charge >= 0.3 is 11.9 Å². The van der Waals surface area contributed by atoms with Crippen molar-refractivity contribution in [3.8, 4) is 0 Å². The van der Waals surface area contributed by atoms with Crippen molar-refractivity contribution >= 4 is 11.9 Å². The van der Waals surface area contributed by atoms with Crippen molar-refractivity contribution in [2.45, 2.75) is 188 Å². The molecule has 39 heavy (non-hydrogen) atoms. The minimum Gasteiger partial charge on any atom is -0.392 e. The summed E-state index contributed by atoms with van der Waals surface area (Å²) in [5.41, 5.74) is 0. The van der Waals surface area contributed by atoms with E-state index in [0.29, 0.717) is 6.42 Å². The third-order valence-electron chi connectivity index (χ3n) is 7.27. The Hall–Kier alpha value is -0.940. The van der Waals surface area contributed by atoms with Crippen LogP contribution in [-0.2, 0) is 19.1 Å². The zero-order chi connectivity index (χ0) is 29.2. The van der Waals surface area contributed by atoms with E-state index in [2.05, 4.69) is 26.1 Å². The summed E-state index contributed by atoms with van der Waals surface area (Å²) in [4.78, 5) is 22.8. The predicted molar refractivity (Wildman–Crippen MR) is 168 cm³/mol. The van der Waals surface area contributed by atoms with Gasteiger partial charge in [0.1, 0.15) is 6.04 Å². The fraction of sp³-hybridized carbons (Fsp3) is 0.941. The number of hydrogen-bond donors (Lipinski definition) is 1. The summed E-state index contributed by atoms with van der Waals surface area (Å²) in [6, 6.07) is -0.429. The zero-order valence-electron chi connectivity index (χ0n) is 27.1. The van der Waals surface area contributed by atoms with Gasteiger partial charge in [0.05, 0.1) is 0 Å². The third kappa shape index (κ3) is 35.0. The maximum absolute atomic E-state index is 11.5. The molecule has 0 aliphatic heterocycles. The molecule has 0 aliphatic rings.